The number of fused-ring (bicyclic) bond motifs is 5. The Morgan fingerprint density at radius 3 is 2.40 bits per heavy atom. The number of ketones is 1. The molecule has 0 bridgehead atoms. The Bertz CT molecular complexity index is 1410. The summed E-state index contributed by atoms with van der Waals surface area (Å²) in [5.74, 6) is -5.17. The maximum atomic E-state index is 13.4. The predicted molar refractivity (Wildman–Crippen MR) is 141 cm³/mol. The molecule has 0 saturated heterocycles. The van der Waals surface area contributed by atoms with Gasteiger partial charge in [-0.05, 0) is 35.7 Å². The Morgan fingerprint density at radius 2 is 1.82 bits per heavy atom. The van der Waals surface area contributed by atoms with E-state index in [0.29, 0.717) is 16.8 Å². The fourth-order valence-corrected chi connectivity index (χ4v) is 7.96. The lowest BCUT2D eigenvalue weighted by molar-refractivity contribution is -0.219. The average Bonchev–Trinajstić information content (AvgIpc) is 3.32. The minimum absolute atomic E-state index is 0.151. The first-order chi connectivity index (χ1) is 18.7. The van der Waals surface area contributed by atoms with Crippen molar-refractivity contribution in [3.63, 3.8) is 0 Å². The van der Waals surface area contributed by atoms with Crippen molar-refractivity contribution in [1.29, 1.82) is 0 Å². The fraction of sp³-hybridized carbons (Fsp3) is 0.552. The Morgan fingerprint density at radius 1 is 1.18 bits per heavy atom. The van der Waals surface area contributed by atoms with E-state index < -0.39 is 76.3 Å². The summed E-state index contributed by atoms with van der Waals surface area (Å²) >= 11 is 0. The van der Waals surface area contributed by atoms with Crippen molar-refractivity contribution in [2.75, 3.05) is 6.61 Å². The zero-order valence-electron chi connectivity index (χ0n) is 23.0. The molecule has 11 heteroatoms. The van der Waals surface area contributed by atoms with E-state index in [0.717, 1.165) is 0 Å². The van der Waals surface area contributed by atoms with Crippen LogP contribution in [0, 0.1) is 29.1 Å². The van der Waals surface area contributed by atoms with Gasteiger partial charge in [0.1, 0.15) is 11.7 Å². The van der Waals surface area contributed by atoms with E-state index in [1.54, 1.807) is 26.0 Å². The molecular formula is C29H33N3O8. The highest BCUT2D eigenvalue weighted by molar-refractivity contribution is 6.04. The molecule has 0 spiro atoms. The largest absolute Gasteiger partial charge is 0.454 e. The van der Waals surface area contributed by atoms with Crippen LogP contribution in [0.2, 0.25) is 0 Å². The Labute approximate surface area is 231 Å². The van der Waals surface area contributed by atoms with Gasteiger partial charge in [-0.25, -0.2) is 4.79 Å². The van der Waals surface area contributed by atoms with Gasteiger partial charge in [-0.2, -0.15) is 0 Å². The van der Waals surface area contributed by atoms with Crippen LogP contribution in [0.4, 0.5) is 5.69 Å². The van der Waals surface area contributed by atoms with E-state index in [-0.39, 0.29) is 12.0 Å². The van der Waals surface area contributed by atoms with E-state index in [9.17, 15) is 29.7 Å². The van der Waals surface area contributed by atoms with Crippen LogP contribution in [0.25, 0.3) is 10.4 Å². The molecule has 4 aliphatic rings. The molecule has 8 atom stereocenters. The van der Waals surface area contributed by atoms with Gasteiger partial charge in [0, 0.05) is 53.0 Å². The maximum absolute atomic E-state index is 13.4. The smallest absolute Gasteiger partial charge is 0.338 e. The zero-order valence-corrected chi connectivity index (χ0v) is 23.0. The number of aliphatic hydroxyl groups is 3. The molecule has 1 aromatic rings. The highest BCUT2D eigenvalue weighted by Crippen LogP contribution is 2.77. The topological polar surface area (TPSA) is 179 Å². The van der Waals surface area contributed by atoms with Gasteiger partial charge in [-0.15, -0.1) is 0 Å². The summed E-state index contributed by atoms with van der Waals surface area (Å²) in [4.78, 5) is 41.9. The third kappa shape index (κ3) is 3.55. The second kappa shape index (κ2) is 9.01. The minimum atomic E-state index is -2.00. The molecular weight excluding hydrogens is 518 g/mol. The van der Waals surface area contributed by atoms with E-state index in [1.807, 2.05) is 13.8 Å². The molecule has 0 amide bonds. The third-order valence-electron chi connectivity index (χ3n) is 9.77. The molecule has 0 radical (unpaired) electrons. The van der Waals surface area contributed by atoms with Gasteiger partial charge in [-0.3, -0.25) is 9.59 Å². The molecule has 4 aliphatic carbocycles. The normalized spacial score (nSPS) is 38.8. The van der Waals surface area contributed by atoms with Crippen molar-refractivity contribution < 1.29 is 39.2 Å². The summed E-state index contributed by atoms with van der Waals surface area (Å²) in [7, 11) is 0. The number of aliphatic hydroxyl groups excluding tert-OH is 1. The maximum Gasteiger partial charge on any atom is 0.338 e. The number of Topliss-reactive ketones (excluding diaryl/α,β-unsaturated/α-hetero) is 1. The highest BCUT2D eigenvalue weighted by Gasteiger charge is 2.87. The summed E-state index contributed by atoms with van der Waals surface area (Å²) < 4.78 is 12.1. The number of ether oxygens (including phenoxy) is 2. The lowest BCUT2D eigenvalue weighted by Crippen LogP contribution is -2.66. The molecule has 0 aromatic heterocycles. The number of benzene rings is 1. The molecule has 0 heterocycles. The molecule has 212 valence electrons. The van der Waals surface area contributed by atoms with Crippen molar-refractivity contribution in [1.82, 2.24) is 0 Å². The minimum Gasteiger partial charge on any atom is -0.454 e. The number of hydrogen-bond donors (Lipinski definition) is 3. The molecule has 3 N–H and O–H groups in total. The fourth-order valence-electron chi connectivity index (χ4n) is 7.96. The van der Waals surface area contributed by atoms with Gasteiger partial charge in [0.2, 0.25) is 0 Å². The van der Waals surface area contributed by atoms with Crippen LogP contribution in [0.15, 0.2) is 52.7 Å². The molecule has 5 rings (SSSR count). The molecule has 40 heavy (non-hydrogen) atoms. The number of rotatable bonds is 5. The number of carbonyl (C=O) groups is 3. The SMILES string of the molecule is CC(=O)O[C@@]12[C@H](OC(=O)c3ccc(N=[N+]=[N-])cc3)[C@@H](C)[C@@]3(O)[C@@H](C=C(CO)C[C@]4(O)C(=O)C(C)=C[C@@H]34)[C@@H]1C2(C)C. The molecule has 2 fully saturated rings. The van der Waals surface area contributed by atoms with E-state index in [1.165, 1.54) is 31.2 Å². The van der Waals surface area contributed by atoms with Crippen LogP contribution in [0.1, 0.15) is 51.4 Å². The number of nitrogens with zero attached hydrogens (tertiary/aromatic N) is 3. The van der Waals surface area contributed by atoms with Crippen LogP contribution in [0.5, 0.6) is 0 Å². The van der Waals surface area contributed by atoms with Gasteiger partial charge in [-0.1, -0.05) is 50.2 Å². The lowest BCUT2D eigenvalue weighted by Gasteiger charge is -2.53. The summed E-state index contributed by atoms with van der Waals surface area (Å²) in [6.07, 6.45) is 1.96. The van der Waals surface area contributed by atoms with Gasteiger partial charge >= 0.3 is 11.9 Å². The summed E-state index contributed by atoms with van der Waals surface area (Å²) in [6, 6.07) is 5.79. The van der Waals surface area contributed by atoms with Gasteiger partial charge in [0.15, 0.2) is 11.4 Å². The first-order valence-corrected chi connectivity index (χ1v) is 13.2. The standard InChI is InChI=1S/C29H33N3O8/c1-14-10-21-27(37,23(14)35)12-17(13-33)11-20-22-26(4,5)29(22,40-16(3)34)24(15(2)28(20,21)38)39-25(36)18-6-8-19(9-7-18)31-32-30/h6-11,15,20-22,24,33,37-38H,12-13H2,1-5H3/t15-,20+,21-,22-,24-,27-,28-,29-/m1/s1. The van der Waals surface area contributed by atoms with E-state index >= 15 is 0 Å². The van der Waals surface area contributed by atoms with Crippen molar-refractivity contribution in [3.05, 3.63) is 63.6 Å². The summed E-state index contributed by atoms with van der Waals surface area (Å²) in [5, 5.41) is 38.1. The number of carbonyl (C=O) groups excluding carboxylic acids is 3. The van der Waals surface area contributed by atoms with Crippen molar-refractivity contribution in [2.45, 2.75) is 63.9 Å². The Hall–Kier alpha value is -3.50. The van der Waals surface area contributed by atoms with Crippen LogP contribution in [0.3, 0.4) is 0 Å². The number of azide groups is 1. The third-order valence-corrected chi connectivity index (χ3v) is 9.77. The average molecular weight is 552 g/mol. The summed E-state index contributed by atoms with van der Waals surface area (Å²) in [5.41, 5.74) is 3.88. The second-order valence-electron chi connectivity index (χ2n) is 12.1. The molecule has 1 aromatic carbocycles. The first kappa shape index (κ1) is 28.0. The van der Waals surface area contributed by atoms with Crippen LogP contribution < -0.4 is 0 Å². The first-order valence-electron chi connectivity index (χ1n) is 13.2. The second-order valence-corrected chi connectivity index (χ2v) is 12.1. The zero-order chi connectivity index (χ0) is 29.4. The van der Waals surface area contributed by atoms with Crippen molar-refractivity contribution in [2.24, 2.45) is 34.2 Å². The Kier molecular flexibility index (Phi) is 6.31. The number of hydrogen-bond acceptors (Lipinski definition) is 9. The number of esters is 2. The van der Waals surface area contributed by atoms with Crippen LogP contribution >= 0.6 is 0 Å². The lowest BCUT2D eigenvalue weighted by atomic mass is 9.59. The van der Waals surface area contributed by atoms with Crippen LogP contribution in [-0.2, 0) is 19.1 Å². The highest BCUT2D eigenvalue weighted by atomic mass is 16.6. The van der Waals surface area contributed by atoms with Gasteiger partial charge < -0.3 is 24.8 Å². The molecule has 0 aliphatic heterocycles. The van der Waals surface area contributed by atoms with E-state index in [4.69, 9.17) is 15.0 Å². The van der Waals surface area contributed by atoms with Crippen molar-refractivity contribution >= 4 is 23.4 Å². The molecule has 11 nitrogen and oxygen atoms in total. The Balaban J connectivity index is 1.65. The quantitative estimate of drug-likeness (QED) is 0.164. The van der Waals surface area contributed by atoms with Crippen LogP contribution in [-0.4, -0.2) is 62.6 Å². The molecule has 0 unspecified atom stereocenters. The van der Waals surface area contributed by atoms with Gasteiger partial charge in [0.25, 0.3) is 0 Å². The van der Waals surface area contributed by atoms with Crippen molar-refractivity contribution in [3.8, 4) is 0 Å². The summed E-state index contributed by atoms with van der Waals surface area (Å²) in [6.45, 7) is 7.79. The monoisotopic (exact) mass is 551 g/mol. The predicted octanol–water partition coefficient (Wildman–Crippen LogP) is 3.31. The van der Waals surface area contributed by atoms with Gasteiger partial charge in [0.05, 0.1) is 17.8 Å². The van der Waals surface area contributed by atoms with E-state index in [2.05, 4.69) is 10.0 Å². The molecule has 2 saturated carbocycles.